The Kier molecular flexibility index (Phi) is 4.75. The van der Waals surface area contributed by atoms with Gasteiger partial charge in [0.05, 0.1) is 0 Å². The van der Waals surface area contributed by atoms with Gasteiger partial charge in [0, 0.05) is 30.4 Å². The molecule has 0 saturated heterocycles. The molecule has 2 rings (SSSR count). The number of fused-ring (bicyclic) bond motifs is 1. The molecule has 16 heavy (non-hydrogen) atoms. The first kappa shape index (κ1) is 13.5. The average molecular weight is 241 g/mol. The molecular formula is C13H21ClN2. The molecular weight excluding hydrogens is 220 g/mol. The van der Waals surface area contributed by atoms with Crippen LogP contribution in [0.1, 0.15) is 43.6 Å². The minimum atomic E-state index is 0. The van der Waals surface area contributed by atoms with E-state index in [0.717, 1.165) is 19.5 Å². The summed E-state index contributed by atoms with van der Waals surface area (Å²) in [6.45, 7) is 8.77. The third-order valence-corrected chi connectivity index (χ3v) is 2.92. The van der Waals surface area contributed by atoms with Crippen LogP contribution in [-0.4, -0.2) is 11.5 Å². The van der Waals surface area contributed by atoms with Crippen LogP contribution in [0.3, 0.4) is 0 Å². The van der Waals surface area contributed by atoms with Crippen LogP contribution in [0.25, 0.3) is 0 Å². The fourth-order valence-electron chi connectivity index (χ4n) is 2.17. The van der Waals surface area contributed by atoms with Gasteiger partial charge in [0.15, 0.2) is 0 Å². The van der Waals surface area contributed by atoms with Crippen molar-refractivity contribution in [1.82, 2.24) is 10.3 Å². The lowest BCUT2D eigenvalue weighted by Gasteiger charge is -2.23. The third kappa shape index (κ3) is 2.96. The van der Waals surface area contributed by atoms with Gasteiger partial charge in [-0.25, -0.2) is 0 Å². The van der Waals surface area contributed by atoms with Crippen molar-refractivity contribution in [3.05, 3.63) is 29.1 Å². The molecule has 1 unspecified atom stereocenters. The maximum atomic E-state index is 4.79. The van der Waals surface area contributed by atoms with Crippen molar-refractivity contribution < 1.29 is 0 Å². The molecule has 0 aliphatic carbocycles. The molecule has 90 valence electrons. The first-order chi connectivity index (χ1) is 7.16. The van der Waals surface area contributed by atoms with E-state index in [1.807, 2.05) is 0 Å². The lowest BCUT2D eigenvalue weighted by molar-refractivity contribution is 0.549. The standard InChI is InChI=1S/C13H20N2.ClH/c1-9(2)6-12-5-4-11-8-14-7-10(3)13(11)15-12;/h4-5,9-10,14H,6-8H2,1-3H3;1H. The first-order valence-corrected chi connectivity index (χ1v) is 5.86. The average Bonchev–Trinajstić information content (AvgIpc) is 2.18. The Morgan fingerprint density at radius 1 is 1.44 bits per heavy atom. The summed E-state index contributed by atoms with van der Waals surface area (Å²) in [7, 11) is 0. The molecule has 0 spiro atoms. The fourth-order valence-corrected chi connectivity index (χ4v) is 2.17. The minimum Gasteiger partial charge on any atom is -0.312 e. The monoisotopic (exact) mass is 240 g/mol. The molecule has 1 aromatic rings. The van der Waals surface area contributed by atoms with Crippen molar-refractivity contribution >= 4 is 12.4 Å². The van der Waals surface area contributed by atoms with Gasteiger partial charge >= 0.3 is 0 Å². The Morgan fingerprint density at radius 3 is 2.88 bits per heavy atom. The number of aromatic nitrogens is 1. The van der Waals surface area contributed by atoms with E-state index in [0.29, 0.717) is 11.8 Å². The van der Waals surface area contributed by atoms with Crippen molar-refractivity contribution in [2.45, 2.75) is 39.7 Å². The summed E-state index contributed by atoms with van der Waals surface area (Å²) in [5.41, 5.74) is 3.94. The van der Waals surface area contributed by atoms with Crippen LogP contribution in [0, 0.1) is 5.92 Å². The second kappa shape index (κ2) is 5.65. The van der Waals surface area contributed by atoms with Gasteiger partial charge in [-0.1, -0.05) is 26.8 Å². The largest absolute Gasteiger partial charge is 0.312 e. The Balaban J connectivity index is 0.00000128. The van der Waals surface area contributed by atoms with E-state index in [2.05, 4.69) is 38.2 Å². The van der Waals surface area contributed by atoms with Crippen molar-refractivity contribution in [2.24, 2.45) is 5.92 Å². The predicted molar refractivity (Wildman–Crippen MR) is 70.1 cm³/mol. The van der Waals surface area contributed by atoms with Crippen LogP contribution in [0.4, 0.5) is 0 Å². The molecule has 1 atom stereocenters. The van der Waals surface area contributed by atoms with Crippen LogP contribution in [0.15, 0.2) is 12.1 Å². The summed E-state index contributed by atoms with van der Waals surface area (Å²) in [5, 5.41) is 3.41. The zero-order valence-electron chi connectivity index (χ0n) is 10.3. The molecule has 2 heterocycles. The number of nitrogens with one attached hydrogen (secondary N) is 1. The molecule has 0 radical (unpaired) electrons. The van der Waals surface area contributed by atoms with Gasteiger partial charge in [-0.05, 0) is 24.0 Å². The highest BCUT2D eigenvalue weighted by atomic mass is 35.5. The Morgan fingerprint density at radius 2 is 2.19 bits per heavy atom. The molecule has 0 fully saturated rings. The van der Waals surface area contributed by atoms with Crippen molar-refractivity contribution in [2.75, 3.05) is 6.54 Å². The highest BCUT2D eigenvalue weighted by molar-refractivity contribution is 5.85. The molecule has 1 N–H and O–H groups in total. The van der Waals surface area contributed by atoms with Gasteiger partial charge in [0.1, 0.15) is 0 Å². The van der Waals surface area contributed by atoms with Crippen LogP contribution >= 0.6 is 12.4 Å². The number of nitrogens with zero attached hydrogens (tertiary/aromatic N) is 1. The van der Waals surface area contributed by atoms with E-state index < -0.39 is 0 Å². The second-order valence-electron chi connectivity index (χ2n) is 4.98. The summed E-state index contributed by atoms with van der Waals surface area (Å²) in [6.07, 6.45) is 1.09. The second-order valence-corrected chi connectivity index (χ2v) is 4.98. The maximum absolute atomic E-state index is 4.79. The SMILES string of the molecule is CC(C)Cc1ccc2c(n1)C(C)CNC2.Cl. The molecule has 1 aromatic heterocycles. The minimum absolute atomic E-state index is 0. The van der Waals surface area contributed by atoms with Gasteiger partial charge in [-0.3, -0.25) is 4.98 Å². The lowest BCUT2D eigenvalue weighted by atomic mass is 9.96. The van der Waals surface area contributed by atoms with Crippen LogP contribution in [0.5, 0.6) is 0 Å². The summed E-state index contributed by atoms with van der Waals surface area (Å²) in [5.74, 6) is 1.24. The maximum Gasteiger partial charge on any atom is 0.0492 e. The highest BCUT2D eigenvalue weighted by Gasteiger charge is 2.17. The molecule has 0 bridgehead atoms. The van der Waals surface area contributed by atoms with Gasteiger partial charge < -0.3 is 5.32 Å². The molecule has 2 nitrogen and oxygen atoms in total. The Labute approximate surface area is 104 Å². The van der Waals surface area contributed by atoms with E-state index in [1.165, 1.54) is 17.0 Å². The third-order valence-electron chi connectivity index (χ3n) is 2.92. The number of rotatable bonds is 2. The Hall–Kier alpha value is -0.600. The smallest absolute Gasteiger partial charge is 0.0492 e. The summed E-state index contributed by atoms with van der Waals surface area (Å²) in [6, 6.07) is 4.42. The number of halogens is 1. The number of pyridine rings is 1. The molecule has 1 aliphatic rings. The summed E-state index contributed by atoms with van der Waals surface area (Å²) >= 11 is 0. The van der Waals surface area contributed by atoms with E-state index in [-0.39, 0.29) is 12.4 Å². The zero-order valence-corrected chi connectivity index (χ0v) is 11.1. The van der Waals surface area contributed by atoms with E-state index in [4.69, 9.17) is 4.98 Å². The van der Waals surface area contributed by atoms with Crippen LogP contribution in [-0.2, 0) is 13.0 Å². The highest BCUT2D eigenvalue weighted by Crippen LogP contribution is 2.22. The topological polar surface area (TPSA) is 24.9 Å². The van der Waals surface area contributed by atoms with Gasteiger partial charge in [0.25, 0.3) is 0 Å². The van der Waals surface area contributed by atoms with Crippen LogP contribution in [0.2, 0.25) is 0 Å². The molecule has 1 aliphatic heterocycles. The fraction of sp³-hybridized carbons (Fsp3) is 0.615. The number of hydrogen-bond acceptors (Lipinski definition) is 2. The van der Waals surface area contributed by atoms with E-state index in [1.54, 1.807) is 0 Å². The molecule has 0 saturated carbocycles. The zero-order chi connectivity index (χ0) is 10.8. The van der Waals surface area contributed by atoms with Crippen molar-refractivity contribution in [3.8, 4) is 0 Å². The first-order valence-electron chi connectivity index (χ1n) is 5.86. The van der Waals surface area contributed by atoms with Crippen molar-refractivity contribution in [3.63, 3.8) is 0 Å². The molecule has 0 amide bonds. The van der Waals surface area contributed by atoms with Gasteiger partial charge in [-0.2, -0.15) is 0 Å². The summed E-state index contributed by atoms with van der Waals surface area (Å²) < 4.78 is 0. The molecule has 0 aromatic carbocycles. The van der Waals surface area contributed by atoms with Crippen LogP contribution < -0.4 is 5.32 Å². The van der Waals surface area contributed by atoms with Gasteiger partial charge in [-0.15, -0.1) is 12.4 Å². The van der Waals surface area contributed by atoms with Gasteiger partial charge in [0.2, 0.25) is 0 Å². The summed E-state index contributed by atoms with van der Waals surface area (Å²) in [4.78, 5) is 4.79. The number of hydrogen-bond donors (Lipinski definition) is 1. The normalized spacial score (nSPS) is 19.1. The lowest BCUT2D eigenvalue weighted by Crippen LogP contribution is -2.27. The predicted octanol–water partition coefficient (Wildman–Crippen LogP) is 2.91. The quantitative estimate of drug-likeness (QED) is 0.860. The van der Waals surface area contributed by atoms with E-state index in [9.17, 15) is 0 Å². The van der Waals surface area contributed by atoms with E-state index >= 15 is 0 Å². The molecule has 3 heteroatoms. The van der Waals surface area contributed by atoms with Crippen molar-refractivity contribution in [1.29, 1.82) is 0 Å². The Bertz CT molecular complexity index is 350.